The molecule has 0 aromatic rings. The topological polar surface area (TPSA) is 49.3 Å². The lowest BCUT2D eigenvalue weighted by molar-refractivity contribution is -0.122. The number of aliphatic hydroxyl groups is 1. The fourth-order valence-corrected chi connectivity index (χ4v) is 1.26. The molecule has 2 N–H and O–H groups in total. The van der Waals surface area contributed by atoms with E-state index in [0.29, 0.717) is 18.9 Å². The van der Waals surface area contributed by atoms with Crippen LogP contribution in [0.4, 0.5) is 0 Å². The fraction of sp³-hybridized carbons (Fsp3) is 0.909. The highest BCUT2D eigenvalue weighted by Crippen LogP contribution is 2.11. The van der Waals surface area contributed by atoms with Crippen LogP contribution in [0, 0.1) is 11.8 Å². The van der Waals surface area contributed by atoms with Crippen LogP contribution >= 0.6 is 0 Å². The first kappa shape index (κ1) is 13.4. The van der Waals surface area contributed by atoms with Gasteiger partial charge in [-0.1, -0.05) is 33.6 Å². The quantitative estimate of drug-likeness (QED) is 0.656. The molecular weight excluding hydrogens is 178 g/mol. The van der Waals surface area contributed by atoms with Crippen LogP contribution in [0.15, 0.2) is 0 Å². The van der Waals surface area contributed by atoms with Gasteiger partial charge >= 0.3 is 0 Å². The van der Waals surface area contributed by atoms with Gasteiger partial charge in [-0.15, -0.1) is 0 Å². The maximum Gasteiger partial charge on any atom is 0.220 e. The van der Waals surface area contributed by atoms with Crippen molar-refractivity contribution < 1.29 is 9.90 Å². The lowest BCUT2D eigenvalue weighted by Gasteiger charge is -2.13. The van der Waals surface area contributed by atoms with Crippen molar-refractivity contribution in [2.75, 3.05) is 13.2 Å². The fourth-order valence-electron chi connectivity index (χ4n) is 1.26. The Labute approximate surface area is 86.9 Å². The number of amides is 1. The van der Waals surface area contributed by atoms with Crippen molar-refractivity contribution in [1.29, 1.82) is 0 Å². The molecule has 0 rings (SSSR count). The Morgan fingerprint density at radius 3 is 2.36 bits per heavy atom. The second-order valence-corrected chi connectivity index (χ2v) is 3.98. The Balaban J connectivity index is 3.64. The van der Waals surface area contributed by atoms with E-state index in [1.807, 2.05) is 6.92 Å². The van der Waals surface area contributed by atoms with E-state index in [1.165, 1.54) is 0 Å². The maximum atomic E-state index is 11.4. The normalized spacial score (nSPS) is 12.9. The van der Waals surface area contributed by atoms with Crippen LogP contribution in [0.3, 0.4) is 0 Å². The maximum absolute atomic E-state index is 11.4. The van der Waals surface area contributed by atoms with E-state index in [-0.39, 0.29) is 18.4 Å². The number of hydrogen-bond acceptors (Lipinski definition) is 2. The first-order chi connectivity index (χ1) is 6.63. The molecule has 0 aromatic heterocycles. The molecule has 0 fully saturated rings. The number of nitrogens with one attached hydrogen (secondary N) is 1. The predicted molar refractivity (Wildman–Crippen MR) is 57.9 cm³/mol. The number of carbonyl (C=O) groups is 1. The van der Waals surface area contributed by atoms with Gasteiger partial charge in [-0.2, -0.15) is 0 Å². The van der Waals surface area contributed by atoms with Crippen LogP contribution in [-0.4, -0.2) is 24.2 Å². The summed E-state index contributed by atoms with van der Waals surface area (Å²) in [5.41, 5.74) is 0. The summed E-state index contributed by atoms with van der Waals surface area (Å²) in [7, 11) is 0. The summed E-state index contributed by atoms with van der Waals surface area (Å²) in [6.45, 7) is 6.84. The van der Waals surface area contributed by atoms with Crippen molar-refractivity contribution >= 4 is 5.91 Å². The van der Waals surface area contributed by atoms with Crippen molar-refractivity contribution in [2.45, 2.75) is 40.0 Å². The van der Waals surface area contributed by atoms with Crippen LogP contribution in [-0.2, 0) is 4.79 Å². The van der Waals surface area contributed by atoms with E-state index in [2.05, 4.69) is 19.2 Å². The molecule has 0 aliphatic heterocycles. The van der Waals surface area contributed by atoms with E-state index < -0.39 is 0 Å². The highest BCUT2D eigenvalue weighted by atomic mass is 16.3. The molecule has 1 amide bonds. The van der Waals surface area contributed by atoms with Gasteiger partial charge in [0.05, 0.1) is 0 Å². The average molecular weight is 201 g/mol. The van der Waals surface area contributed by atoms with Gasteiger partial charge in [-0.05, 0) is 11.8 Å². The van der Waals surface area contributed by atoms with E-state index >= 15 is 0 Å². The van der Waals surface area contributed by atoms with Crippen LogP contribution in [0.1, 0.15) is 40.0 Å². The van der Waals surface area contributed by atoms with Crippen LogP contribution in [0.5, 0.6) is 0 Å². The second kappa shape index (κ2) is 7.80. The van der Waals surface area contributed by atoms with E-state index in [0.717, 1.165) is 12.8 Å². The molecule has 0 saturated heterocycles. The number of carbonyl (C=O) groups excluding carboxylic acids is 1. The van der Waals surface area contributed by atoms with E-state index in [1.54, 1.807) is 0 Å². The Morgan fingerprint density at radius 1 is 1.36 bits per heavy atom. The van der Waals surface area contributed by atoms with Crippen molar-refractivity contribution in [3.63, 3.8) is 0 Å². The molecule has 0 aromatic carbocycles. The summed E-state index contributed by atoms with van der Waals surface area (Å²) in [6, 6.07) is 0. The third-order valence-electron chi connectivity index (χ3n) is 2.59. The molecule has 14 heavy (non-hydrogen) atoms. The molecule has 0 bridgehead atoms. The largest absolute Gasteiger partial charge is 0.396 e. The molecule has 84 valence electrons. The Hall–Kier alpha value is -0.570. The third kappa shape index (κ3) is 5.97. The Kier molecular flexibility index (Phi) is 7.48. The van der Waals surface area contributed by atoms with Gasteiger partial charge in [-0.25, -0.2) is 0 Å². The van der Waals surface area contributed by atoms with Gasteiger partial charge in [-0.3, -0.25) is 4.79 Å². The van der Waals surface area contributed by atoms with E-state index in [9.17, 15) is 4.79 Å². The van der Waals surface area contributed by atoms with Gasteiger partial charge in [0.1, 0.15) is 0 Å². The van der Waals surface area contributed by atoms with Crippen LogP contribution in [0.2, 0.25) is 0 Å². The first-order valence-corrected chi connectivity index (χ1v) is 5.51. The molecule has 1 unspecified atom stereocenters. The SMILES string of the molecule is CCC(CC)CC(=O)NCC(C)CO. The minimum absolute atomic E-state index is 0.110. The zero-order chi connectivity index (χ0) is 11.0. The first-order valence-electron chi connectivity index (χ1n) is 5.51. The molecule has 0 radical (unpaired) electrons. The van der Waals surface area contributed by atoms with Gasteiger partial charge in [0.2, 0.25) is 5.91 Å². The predicted octanol–water partition coefficient (Wildman–Crippen LogP) is 1.56. The lowest BCUT2D eigenvalue weighted by Crippen LogP contribution is -2.30. The minimum Gasteiger partial charge on any atom is -0.396 e. The van der Waals surface area contributed by atoms with E-state index in [4.69, 9.17) is 5.11 Å². The standard InChI is InChI=1S/C11H23NO2/c1-4-10(5-2)6-11(14)12-7-9(3)8-13/h9-10,13H,4-8H2,1-3H3,(H,12,14). The summed E-state index contributed by atoms with van der Waals surface area (Å²) in [6.07, 6.45) is 2.73. The van der Waals surface area contributed by atoms with Crippen molar-refractivity contribution in [2.24, 2.45) is 11.8 Å². The van der Waals surface area contributed by atoms with Crippen molar-refractivity contribution in [3.05, 3.63) is 0 Å². The zero-order valence-electron chi connectivity index (χ0n) is 9.55. The summed E-state index contributed by atoms with van der Waals surface area (Å²) in [5, 5.41) is 11.6. The van der Waals surface area contributed by atoms with Crippen molar-refractivity contribution in [3.8, 4) is 0 Å². The summed E-state index contributed by atoms with van der Waals surface area (Å²) in [5.74, 6) is 0.763. The molecule has 1 atom stereocenters. The summed E-state index contributed by atoms with van der Waals surface area (Å²) in [4.78, 5) is 11.4. The van der Waals surface area contributed by atoms with Gasteiger partial charge < -0.3 is 10.4 Å². The highest BCUT2D eigenvalue weighted by Gasteiger charge is 2.10. The zero-order valence-corrected chi connectivity index (χ0v) is 9.55. The molecule has 0 heterocycles. The average Bonchev–Trinajstić information content (AvgIpc) is 2.22. The Bertz CT molecular complexity index is 155. The molecule has 0 aliphatic rings. The molecule has 0 spiro atoms. The molecule has 0 saturated carbocycles. The van der Waals surface area contributed by atoms with Gasteiger partial charge in [0.25, 0.3) is 0 Å². The van der Waals surface area contributed by atoms with Crippen molar-refractivity contribution in [1.82, 2.24) is 5.32 Å². The molecule has 3 nitrogen and oxygen atoms in total. The highest BCUT2D eigenvalue weighted by molar-refractivity contribution is 5.76. The van der Waals surface area contributed by atoms with Crippen LogP contribution < -0.4 is 5.32 Å². The number of hydrogen-bond donors (Lipinski definition) is 2. The van der Waals surface area contributed by atoms with Gasteiger partial charge in [0.15, 0.2) is 0 Å². The minimum atomic E-state index is 0.110. The summed E-state index contributed by atoms with van der Waals surface area (Å²) >= 11 is 0. The number of rotatable bonds is 7. The molecule has 0 aliphatic carbocycles. The smallest absolute Gasteiger partial charge is 0.220 e. The summed E-state index contributed by atoms with van der Waals surface area (Å²) < 4.78 is 0. The third-order valence-corrected chi connectivity index (χ3v) is 2.59. The molecule has 3 heteroatoms. The molecular formula is C11H23NO2. The van der Waals surface area contributed by atoms with Gasteiger partial charge in [0, 0.05) is 19.6 Å². The van der Waals surface area contributed by atoms with Crippen LogP contribution in [0.25, 0.3) is 0 Å². The Morgan fingerprint density at radius 2 is 1.93 bits per heavy atom. The second-order valence-electron chi connectivity index (χ2n) is 3.98. The monoisotopic (exact) mass is 201 g/mol. The lowest BCUT2D eigenvalue weighted by atomic mass is 9.99. The number of aliphatic hydroxyl groups excluding tert-OH is 1.